The highest BCUT2D eigenvalue weighted by molar-refractivity contribution is 5.84. The first kappa shape index (κ1) is 13.6. The van der Waals surface area contributed by atoms with E-state index in [1.165, 1.54) is 32.1 Å². The topological polar surface area (TPSA) is 38.3 Å². The monoisotopic (exact) mass is 265 g/mol. The fourth-order valence-electron chi connectivity index (χ4n) is 4.37. The first-order valence-electron chi connectivity index (χ1n) is 8.11. The molecule has 3 fully saturated rings. The molecule has 0 amide bonds. The van der Waals surface area contributed by atoms with Crippen molar-refractivity contribution < 1.29 is 9.53 Å². The summed E-state index contributed by atoms with van der Waals surface area (Å²) in [6.07, 6.45) is 9.23. The minimum Gasteiger partial charge on any atom is -0.375 e. The van der Waals surface area contributed by atoms with E-state index in [0.29, 0.717) is 11.8 Å². The zero-order valence-electron chi connectivity index (χ0n) is 12.1. The lowest BCUT2D eigenvalue weighted by atomic mass is 9.73. The molecule has 1 aliphatic carbocycles. The highest BCUT2D eigenvalue weighted by Crippen LogP contribution is 2.42. The molecule has 3 unspecified atom stereocenters. The molecule has 0 aromatic rings. The second-order valence-electron chi connectivity index (χ2n) is 6.82. The van der Waals surface area contributed by atoms with Crippen molar-refractivity contribution in [1.29, 1.82) is 0 Å². The van der Waals surface area contributed by atoms with E-state index in [-0.39, 0.29) is 17.4 Å². The van der Waals surface area contributed by atoms with Crippen molar-refractivity contribution in [1.82, 2.24) is 5.32 Å². The number of hydrogen-bond donors (Lipinski definition) is 1. The highest BCUT2D eigenvalue weighted by Gasteiger charge is 2.43. The molecule has 2 aliphatic heterocycles. The van der Waals surface area contributed by atoms with Crippen LogP contribution in [0, 0.1) is 11.8 Å². The van der Waals surface area contributed by atoms with Crippen molar-refractivity contribution >= 4 is 5.78 Å². The molecular formula is C16H27NO2. The second kappa shape index (κ2) is 5.53. The molecule has 0 radical (unpaired) electrons. The molecule has 0 aromatic carbocycles. The van der Waals surface area contributed by atoms with Crippen LogP contribution in [0.3, 0.4) is 0 Å². The average molecular weight is 265 g/mol. The Kier molecular flexibility index (Phi) is 3.95. The molecule has 2 heterocycles. The van der Waals surface area contributed by atoms with Gasteiger partial charge < -0.3 is 10.1 Å². The Morgan fingerprint density at radius 2 is 2.00 bits per heavy atom. The molecule has 1 saturated carbocycles. The van der Waals surface area contributed by atoms with Gasteiger partial charge in [0.25, 0.3) is 0 Å². The quantitative estimate of drug-likeness (QED) is 0.834. The largest absolute Gasteiger partial charge is 0.375 e. The summed E-state index contributed by atoms with van der Waals surface area (Å²) >= 11 is 0. The fourth-order valence-corrected chi connectivity index (χ4v) is 4.37. The van der Waals surface area contributed by atoms with Crippen molar-refractivity contribution in [3.63, 3.8) is 0 Å². The molecule has 3 nitrogen and oxygen atoms in total. The van der Waals surface area contributed by atoms with Crippen molar-refractivity contribution in [2.24, 2.45) is 11.8 Å². The summed E-state index contributed by atoms with van der Waals surface area (Å²) in [7, 11) is 0. The average Bonchev–Trinajstić information content (AvgIpc) is 2.85. The van der Waals surface area contributed by atoms with Gasteiger partial charge >= 0.3 is 0 Å². The van der Waals surface area contributed by atoms with E-state index >= 15 is 0 Å². The number of carbonyl (C=O) groups excluding carboxylic acids is 1. The molecule has 3 rings (SSSR count). The van der Waals surface area contributed by atoms with Gasteiger partial charge in [0.1, 0.15) is 5.78 Å². The van der Waals surface area contributed by atoms with Crippen LogP contribution in [0.2, 0.25) is 0 Å². The Hall–Kier alpha value is -0.410. The predicted molar refractivity (Wildman–Crippen MR) is 75.1 cm³/mol. The lowest BCUT2D eigenvalue weighted by Gasteiger charge is -2.43. The normalized spacial score (nSPS) is 38.5. The van der Waals surface area contributed by atoms with Crippen LogP contribution in [0.1, 0.15) is 58.3 Å². The Bertz CT molecular complexity index is 330. The SMILES string of the molecule is CC1NCCC1C(=O)C1CCOC2(CCCCC2)C1. The van der Waals surface area contributed by atoms with Crippen molar-refractivity contribution in [3.05, 3.63) is 0 Å². The summed E-state index contributed by atoms with van der Waals surface area (Å²) in [5, 5.41) is 3.41. The minimum atomic E-state index is 0.0616. The van der Waals surface area contributed by atoms with Gasteiger partial charge in [-0.2, -0.15) is 0 Å². The molecule has 0 aromatic heterocycles. The first-order valence-corrected chi connectivity index (χ1v) is 8.11. The Labute approximate surface area is 116 Å². The third kappa shape index (κ3) is 2.73. The van der Waals surface area contributed by atoms with Gasteiger partial charge in [-0.1, -0.05) is 19.3 Å². The second-order valence-corrected chi connectivity index (χ2v) is 6.82. The Morgan fingerprint density at radius 3 is 2.68 bits per heavy atom. The maximum absolute atomic E-state index is 12.7. The standard InChI is InChI=1S/C16H27NO2/c1-12-14(5-9-17-12)15(18)13-6-10-19-16(11-13)7-3-2-4-8-16/h12-14,17H,2-11H2,1H3. The van der Waals surface area contributed by atoms with Gasteiger partial charge in [-0.05, 0) is 45.6 Å². The van der Waals surface area contributed by atoms with Gasteiger partial charge in [-0.25, -0.2) is 0 Å². The van der Waals surface area contributed by atoms with E-state index < -0.39 is 0 Å². The first-order chi connectivity index (χ1) is 9.20. The number of nitrogens with one attached hydrogen (secondary N) is 1. The van der Waals surface area contributed by atoms with Crippen molar-refractivity contribution in [3.8, 4) is 0 Å². The van der Waals surface area contributed by atoms with E-state index in [0.717, 1.165) is 32.4 Å². The third-order valence-electron chi connectivity index (χ3n) is 5.55. The molecular weight excluding hydrogens is 238 g/mol. The fraction of sp³-hybridized carbons (Fsp3) is 0.938. The zero-order valence-corrected chi connectivity index (χ0v) is 12.1. The smallest absolute Gasteiger partial charge is 0.140 e. The summed E-state index contributed by atoms with van der Waals surface area (Å²) in [6.45, 7) is 3.96. The van der Waals surface area contributed by atoms with E-state index in [9.17, 15) is 4.79 Å². The molecule has 3 heteroatoms. The van der Waals surface area contributed by atoms with Gasteiger partial charge in [0, 0.05) is 24.5 Å². The number of hydrogen-bond acceptors (Lipinski definition) is 3. The van der Waals surface area contributed by atoms with E-state index in [1.54, 1.807) is 0 Å². The molecule has 3 atom stereocenters. The molecule has 108 valence electrons. The number of ether oxygens (including phenoxy) is 1. The van der Waals surface area contributed by atoms with Crippen LogP contribution in [0.4, 0.5) is 0 Å². The van der Waals surface area contributed by atoms with Gasteiger partial charge in [0.2, 0.25) is 0 Å². The van der Waals surface area contributed by atoms with Gasteiger partial charge in [-0.15, -0.1) is 0 Å². The van der Waals surface area contributed by atoms with Gasteiger partial charge in [0.05, 0.1) is 5.60 Å². The Morgan fingerprint density at radius 1 is 1.21 bits per heavy atom. The maximum atomic E-state index is 12.7. The van der Waals surface area contributed by atoms with Crippen LogP contribution in [0.25, 0.3) is 0 Å². The van der Waals surface area contributed by atoms with Gasteiger partial charge in [-0.3, -0.25) is 4.79 Å². The summed E-state index contributed by atoms with van der Waals surface area (Å²) in [5.41, 5.74) is 0.0616. The minimum absolute atomic E-state index is 0.0616. The zero-order chi connectivity index (χ0) is 13.3. The molecule has 1 spiro atoms. The van der Waals surface area contributed by atoms with E-state index in [2.05, 4.69) is 12.2 Å². The number of Topliss-reactive ketones (excluding diaryl/α,β-unsaturated/α-hetero) is 1. The highest BCUT2D eigenvalue weighted by atomic mass is 16.5. The van der Waals surface area contributed by atoms with Gasteiger partial charge in [0.15, 0.2) is 0 Å². The van der Waals surface area contributed by atoms with Crippen LogP contribution < -0.4 is 5.32 Å². The molecule has 1 N–H and O–H groups in total. The number of rotatable bonds is 2. The predicted octanol–water partition coefficient (Wildman–Crippen LogP) is 2.68. The van der Waals surface area contributed by atoms with Crippen LogP contribution in [0.15, 0.2) is 0 Å². The van der Waals surface area contributed by atoms with Crippen molar-refractivity contribution in [2.45, 2.75) is 69.9 Å². The number of ketones is 1. The molecule has 3 aliphatic rings. The molecule has 2 saturated heterocycles. The van der Waals surface area contributed by atoms with E-state index in [4.69, 9.17) is 4.74 Å². The number of carbonyl (C=O) groups is 1. The maximum Gasteiger partial charge on any atom is 0.140 e. The summed E-state index contributed by atoms with van der Waals surface area (Å²) in [5.74, 6) is 1.04. The van der Waals surface area contributed by atoms with Crippen molar-refractivity contribution in [2.75, 3.05) is 13.2 Å². The van der Waals surface area contributed by atoms with Crippen LogP contribution in [0.5, 0.6) is 0 Å². The molecule has 0 bridgehead atoms. The summed E-state index contributed by atoms with van der Waals surface area (Å²) in [6, 6.07) is 0.373. The lowest BCUT2D eigenvalue weighted by molar-refractivity contribution is -0.146. The summed E-state index contributed by atoms with van der Waals surface area (Å²) < 4.78 is 6.11. The summed E-state index contributed by atoms with van der Waals surface area (Å²) in [4.78, 5) is 12.7. The van der Waals surface area contributed by atoms with Crippen LogP contribution >= 0.6 is 0 Å². The van der Waals surface area contributed by atoms with E-state index in [1.807, 2.05) is 0 Å². The lowest BCUT2D eigenvalue weighted by Crippen LogP contribution is -2.45. The van der Waals surface area contributed by atoms with Crippen LogP contribution in [-0.4, -0.2) is 30.6 Å². The van der Waals surface area contributed by atoms with Crippen LogP contribution in [-0.2, 0) is 9.53 Å². The molecule has 19 heavy (non-hydrogen) atoms. The third-order valence-corrected chi connectivity index (χ3v) is 5.55. The Balaban J connectivity index is 1.65.